The van der Waals surface area contributed by atoms with E-state index in [9.17, 15) is 14.7 Å². The van der Waals surface area contributed by atoms with Crippen LogP contribution >= 0.6 is 23.2 Å². The molecule has 280 valence electrons. The molecule has 0 aromatic heterocycles. The lowest BCUT2D eigenvalue weighted by Gasteiger charge is -2.36. The van der Waals surface area contributed by atoms with Crippen LogP contribution in [0.3, 0.4) is 0 Å². The molecule has 6 rings (SSSR count). The Morgan fingerprint density at radius 2 is 1.63 bits per heavy atom. The fourth-order valence-electron chi connectivity index (χ4n) is 7.27. The van der Waals surface area contributed by atoms with Crippen LogP contribution in [0.4, 0.5) is 0 Å². The number of halogens is 2. The van der Waals surface area contributed by atoms with E-state index in [1.807, 2.05) is 43.3 Å². The number of rotatable bonds is 17. The summed E-state index contributed by atoms with van der Waals surface area (Å²) in [5.74, 6) is 1.07. The SMILES string of the molecule is COCCCc1cc(CN(C(=O)[C@H]2CNCC[C@@H]2c2ccc(OCCOc3c(Cl)cc(C)cc3Cl)cc2)C2CC2)cc(O[C@H]2CN[C@H](C(=O)O)C2)c1. The second kappa shape index (κ2) is 18.0. The van der Waals surface area contributed by atoms with E-state index in [1.165, 1.54) is 0 Å². The third-order valence-electron chi connectivity index (χ3n) is 10.0. The Hall–Kier alpha value is -3.54. The van der Waals surface area contributed by atoms with Crippen LogP contribution in [-0.4, -0.2) is 86.6 Å². The van der Waals surface area contributed by atoms with Gasteiger partial charge in [0.1, 0.15) is 36.9 Å². The van der Waals surface area contributed by atoms with Crippen LogP contribution in [0.1, 0.15) is 60.3 Å². The number of methoxy groups -OCH3 is 1. The molecule has 3 N–H and O–H groups in total. The molecule has 3 fully saturated rings. The monoisotopic (exact) mass is 753 g/mol. The molecule has 3 aromatic rings. The quantitative estimate of drug-likeness (QED) is 0.134. The van der Waals surface area contributed by atoms with Crippen molar-refractivity contribution in [2.45, 2.75) is 76.1 Å². The maximum Gasteiger partial charge on any atom is 0.320 e. The summed E-state index contributed by atoms with van der Waals surface area (Å²) < 4.78 is 23.4. The molecule has 3 aliphatic rings. The Kier molecular flexibility index (Phi) is 13.2. The minimum atomic E-state index is -0.865. The molecule has 12 heteroatoms. The van der Waals surface area contributed by atoms with Gasteiger partial charge in [0.15, 0.2) is 5.75 Å². The van der Waals surface area contributed by atoms with E-state index in [-0.39, 0.29) is 29.9 Å². The van der Waals surface area contributed by atoms with E-state index in [1.54, 1.807) is 7.11 Å². The lowest BCUT2D eigenvalue weighted by atomic mass is 9.80. The summed E-state index contributed by atoms with van der Waals surface area (Å²) in [4.78, 5) is 28.0. The van der Waals surface area contributed by atoms with Gasteiger partial charge in [0.2, 0.25) is 5.91 Å². The number of benzene rings is 3. The highest BCUT2D eigenvalue weighted by Crippen LogP contribution is 2.38. The highest BCUT2D eigenvalue weighted by Gasteiger charge is 2.40. The average Bonchev–Trinajstić information content (AvgIpc) is 3.86. The van der Waals surface area contributed by atoms with E-state index < -0.39 is 12.0 Å². The van der Waals surface area contributed by atoms with Gasteiger partial charge < -0.3 is 39.6 Å². The first-order valence-electron chi connectivity index (χ1n) is 18.3. The second-order valence-corrected chi connectivity index (χ2v) is 14.9. The maximum absolute atomic E-state index is 14.5. The largest absolute Gasteiger partial charge is 0.490 e. The third-order valence-corrected chi connectivity index (χ3v) is 10.6. The Morgan fingerprint density at radius 3 is 2.33 bits per heavy atom. The summed E-state index contributed by atoms with van der Waals surface area (Å²) in [6.45, 7) is 5.63. The molecule has 2 heterocycles. The van der Waals surface area contributed by atoms with Gasteiger partial charge in [0.05, 0.1) is 16.0 Å². The van der Waals surface area contributed by atoms with Crippen molar-refractivity contribution >= 4 is 35.1 Å². The summed E-state index contributed by atoms with van der Waals surface area (Å²) in [5, 5.41) is 16.9. The number of amides is 1. The van der Waals surface area contributed by atoms with Crippen LogP contribution in [0.5, 0.6) is 17.2 Å². The molecule has 52 heavy (non-hydrogen) atoms. The molecular formula is C40H49Cl2N3O7. The Morgan fingerprint density at radius 1 is 0.904 bits per heavy atom. The fraction of sp³-hybridized carbons (Fsp3) is 0.500. The first-order chi connectivity index (χ1) is 25.2. The van der Waals surface area contributed by atoms with Gasteiger partial charge in [0.25, 0.3) is 0 Å². The number of aryl methyl sites for hydroxylation is 2. The van der Waals surface area contributed by atoms with Gasteiger partial charge in [-0.15, -0.1) is 0 Å². The maximum atomic E-state index is 14.5. The lowest BCUT2D eigenvalue weighted by Crippen LogP contribution is -2.47. The van der Waals surface area contributed by atoms with Gasteiger partial charge in [-0.05, 0) is 110 Å². The molecule has 3 aromatic carbocycles. The molecule has 4 atom stereocenters. The minimum Gasteiger partial charge on any atom is -0.490 e. The number of piperidine rings is 1. The summed E-state index contributed by atoms with van der Waals surface area (Å²) in [5.41, 5.74) is 4.22. The van der Waals surface area contributed by atoms with Crippen molar-refractivity contribution in [1.29, 1.82) is 0 Å². The number of carboxylic acids is 1. The average molecular weight is 755 g/mol. The van der Waals surface area contributed by atoms with Crippen LogP contribution in [0.25, 0.3) is 0 Å². The molecule has 1 aliphatic carbocycles. The van der Waals surface area contributed by atoms with Crippen LogP contribution < -0.4 is 24.8 Å². The smallest absolute Gasteiger partial charge is 0.320 e. The first kappa shape index (κ1) is 38.2. The highest BCUT2D eigenvalue weighted by molar-refractivity contribution is 6.37. The van der Waals surface area contributed by atoms with E-state index >= 15 is 0 Å². The number of hydrogen-bond acceptors (Lipinski definition) is 8. The Labute approximate surface area is 316 Å². The van der Waals surface area contributed by atoms with Crippen LogP contribution in [-0.2, 0) is 27.3 Å². The summed E-state index contributed by atoms with van der Waals surface area (Å²) in [6, 6.07) is 17.5. The van der Waals surface area contributed by atoms with Crippen LogP contribution in [0, 0.1) is 12.8 Å². The number of nitrogens with zero attached hydrogens (tertiary/aromatic N) is 1. The third kappa shape index (κ3) is 10.1. The molecule has 1 amide bonds. The van der Waals surface area contributed by atoms with Crippen molar-refractivity contribution in [2.24, 2.45) is 5.92 Å². The van der Waals surface area contributed by atoms with E-state index in [2.05, 4.69) is 33.7 Å². The molecule has 1 saturated carbocycles. The van der Waals surface area contributed by atoms with Crippen molar-refractivity contribution in [3.8, 4) is 17.2 Å². The van der Waals surface area contributed by atoms with Crippen molar-refractivity contribution < 1.29 is 33.6 Å². The number of ether oxygens (including phenoxy) is 4. The van der Waals surface area contributed by atoms with Crippen LogP contribution in [0.15, 0.2) is 54.6 Å². The topological polar surface area (TPSA) is 119 Å². The number of aliphatic carboxylic acids is 1. The van der Waals surface area contributed by atoms with E-state index in [0.717, 1.165) is 66.7 Å². The van der Waals surface area contributed by atoms with Crippen molar-refractivity contribution in [3.63, 3.8) is 0 Å². The number of carbonyl (C=O) groups is 2. The van der Waals surface area contributed by atoms with E-state index in [4.69, 9.17) is 42.1 Å². The fourth-order valence-corrected chi connectivity index (χ4v) is 7.97. The zero-order valence-corrected chi connectivity index (χ0v) is 31.4. The van der Waals surface area contributed by atoms with Gasteiger partial charge >= 0.3 is 5.97 Å². The van der Waals surface area contributed by atoms with Gasteiger partial charge in [-0.1, -0.05) is 41.4 Å². The Balaban J connectivity index is 1.11. The van der Waals surface area contributed by atoms with Gasteiger partial charge in [-0.2, -0.15) is 0 Å². The highest BCUT2D eigenvalue weighted by atomic mass is 35.5. The summed E-state index contributed by atoms with van der Waals surface area (Å²) in [6.07, 6.45) is 4.70. The summed E-state index contributed by atoms with van der Waals surface area (Å²) in [7, 11) is 1.70. The molecule has 0 spiro atoms. The molecule has 0 unspecified atom stereocenters. The normalized spacial score (nSPS) is 21.5. The number of nitrogens with one attached hydrogen (secondary N) is 2. The molecule has 0 bridgehead atoms. The molecule has 0 radical (unpaired) electrons. The van der Waals surface area contributed by atoms with Gasteiger partial charge in [-0.25, -0.2) is 0 Å². The Bertz CT molecular complexity index is 1660. The number of hydrogen-bond donors (Lipinski definition) is 3. The minimum absolute atomic E-state index is 0.0783. The summed E-state index contributed by atoms with van der Waals surface area (Å²) >= 11 is 12.6. The van der Waals surface area contributed by atoms with E-state index in [0.29, 0.717) is 67.4 Å². The number of carbonyl (C=O) groups excluding carboxylic acids is 1. The lowest BCUT2D eigenvalue weighted by molar-refractivity contribution is -0.139. The predicted octanol–water partition coefficient (Wildman–Crippen LogP) is 6.42. The number of carboxylic acid groups (broad SMARTS) is 1. The van der Waals surface area contributed by atoms with Gasteiger partial charge in [-0.3, -0.25) is 9.59 Å². The second-order valence-electron chi connectivity index (χ2n) is 14.1. The molecule has 10 nitrogen and oxygen atoms in total. The molecular weight excluding hydrogens is 705 g/mol. The standard InChI is InChI=1S/C40H49Cl2N3O7/c1-25-16-35(41)38(36(42)17-25)51-15-14-50-30-9-5-28(6-10-30)33-11-12-43-23-34(33)39(46)45(29-7-8-29)24-27-18-26(4-3-13-49-2)19-31(20-27)52-32-21-37(40(47)48)44-22-32/h5-6,9-10,16-20,29,32-34,37,43-44H,3-4,7-8,11-15,21-24H2,1-2H3,(H,47,48)/t32-,33-,34+,37+/m1/s1. The van der Waals surface area contributed by atoms with Gasteiger partial charge in [0, 0.05) is 45.8 Å². The van der Waals surface area contributed by atoms with Crippen LogP contribution in [0.2, 0.25) is 10.0 Å². The zero-order valence-electron chi connectivity index (χ0n) is 29.9. The van der Waals surface area contributed by atoms with Crippen molar-refractivity contribution in [2.75, 3.05) is 46.6 Å². The molecule has 2 aliphatic heterocycles. The first-order valence-corrected chi connectivity index (χ1v) is 19.0. The molecule has 2 saturated heterocycles. The van der Waals surface area contributed by atoms with Crippen molar-refractivity contribution in [1.82, 2.24) is 15.5 Å². The predicted molar refractivity (Wildman–Crippen MR) is 201 cm³/mol. The zero-order chi connectivity index (χ0) is 36.6. The van der Waals surface area contributed by atoms with Crippen molar-refractivity contribution in [3.05, 3.63) is 86.9 Å².